The summed E-state index contributed by atoms with van der Waals surface area (Å²) in [6.45, 7) is 9.97. The first-order valence-corrected chi connectivity index (χ1v) is 13.4. The zero-order chi connectivity index (χ0) is 27.1. The third-order valence-electron chi connectivity index (χ3n) is 6.48. The average molecular weight is 543 g/mol. The van der Waals surface area contributed by atoms with E-state index in [2.05, 4.69) is 16.8 Å². The smallest absolute Gasteiger partial charge is 0.338 e. The highest BCUT2D eigenvalue weighted by Crippen LogP contribution is 2.47. The van der Waals surface area contributed by atoms with Crippen molar-refractivity contribution in [3.8, 4) is 11.5 Å². The maximum Gasteiger partial charge on any atom is 0.338 e. The van der Waals surface area contributed by atoms with E-state index in [-0.39, 0.29) is 18.9 Å². The Labute approximate surface area is 227 Å². The summed E-state index contributed by atoms with van der Waals surface area (Å²) in [6.07, 6.45) is 1.65. The number of hydrogen-bond donors (Lipinski definition) is 1. The molecule has 1 saturated heterocycles. The summed E-state index contributed by atoms with van der Waals surface area (Å²) in [5.41, 5.74) is 2.33. The number of allylic oxidation sites excluding steroid dienone is 1. The molecular formula is C27H34N4O6S. The molecule has 4 rings (SSSR count). The molecule has 1 atom stereocenters. The van der Waals surface area contributed by atoms with Gasteiger partial charge in [0, 0.05) is 37.4 Å². The third-order valence-corrected chi connectivity index (χ3v) is 7.37. The molecule has 0 aliphatic carbocycles. The summed E-state index contributed by atoms with van der Waals surface area (Å²) in [7, 11) is 3.16. The normalized spacial score (nSPS) is 19.3. The largest absolute Gasteiger partial charge is 0.497 e. The number of carbonyl (C=O) groups is 2. The Bertz CT molecular complexity index is 1160. The van der Waals surface area contributed by atoms with Gasteiger partial charge < -0.3 is 29.2 Å². The van der Waals surface area contributed by atoms with Gasteiger partial charge in [-0.3, -0.25) is 9.69 Å². The summed E-state index contributed by atoms with van der Waals surface area (Å²) in [4.78, 5) is 35.2. The Morgan fingerprint density at radius 3 is 2.76 bits per heavy atom. The minimum absolute atomic E-state index is 0.0666. The third kappa shape index (κ3) is 6.23. The van der Waals surface area contributed by atoms with Crippen molar-refractivity contribution in [1.82, 2.24) is 15.1 Å². The molecule has 0 spiro atoms. The number of hydrogen-bond acceptors (Lipinski definition) is 10. The van der Waals surface area contributed by atoms with Crippen molar-refractivity contribution in [2.45, 2.75) is 19.4 Å². The molecule has 0 aromatic heterocycles. The van der Waals surface area contributed by atoms with Gasteiger partial charge in [-0.25, -0.2) is 9.79 Å². The fourth-order valence-corrected chi connectivity index (χ4v) is 5.56. The Morgan fingerprint density at radius 1 is 1.26 bits per heavy atom. The van der Waals surface area contributed by atoms with Crippen LogP contribution < -0.4 is 14.8 Å². The molecule has 1 aromatic rings. The number of ether oxygens (including phenoxy) is 4. The summed E-state index contributed by atoms with van der Waals surface area (Å²) < 4.78 is 22.0. The van der Waals surface area contributed by atoms with E-state index in [1.54, 1.807) is 33.3 Å². The summed E-state index contributed by atoms with van der Waals surface area (Å²) in [5.74, 6) is 0.570. The molecule has 3 aliphatic rings. The zero-order valence-corrected chi connectivity index (χ0v) is 22.8. The van der Waals surface area contributed by atoms with E-state index >= 15 is 0 Å². The van der Waals surface area contributed by atoms with Gasteiger partial charge in [-0.15, -0.1) is 0 Å². The lowest BCUT2D eigenvalue weighted by atomic mass is 9.92. The standard InChI is InChI=1S/C27H34N4O6S/c1-5-12-37-26(33)24-18(2)29-27-31(25(24)21-16-20(34-3)6-7-22(21)35-4)19(17-38-27)15-23(32)28-8-9-30-10-13-36-14-11-30/h5-7,16-17,25H,1,8-15H2,2-4H3,(H,28,32). The summed E-state index contributed by atoms with van der Waals surface area (Å²) in [6, 6.07) is 4.80. The lowest BCUT2D eigenvalue weighted by Gasteiger charge is -2.36. The first-order valence-electron chi connectivity index (χ1n) is 12.5. The number of esters is 1. The van der Waals surface area contributed by atoms with Crippen LogP contribution in [0.15, 0.2) is 58.2 Å². The predicted octanol–water partition coefficient (Wildman–Crippen LogP) is 2.85. The van der Waals surface area contributed by atoms with Gasteiger partial charge in [0.05, 0.1) is 51.2 Å². The van der Waals surface area contributed by atoms with Gasteiger partial charge in [0.15, 0.2) is 5.17 Å². The van der Waals surface area contributed by atoms with Crippen LogP contribution in [0.25, 0.3) is 0 Å². The van der Waals surface area contributed by atoms with Crippen LogP contribution in [0, 0.1) is 0 Å². The molecule has 1 amide bonds. The average Bonchev–Trinajstić information content (AvgIpc) is 3.32. The molecule has 1 aromatic carbocycles. The van der Waals surface area contributed by atoms with Gasteiger partial charge >= 0.3 is 5.97 Å². The number of carbonyl (C=O) groups excluding carboxylic acids is 2. The number of amides is 1. The number of methoxy groups -OCH3 is 2. The molecule has 204 valence electrons. The van der Waals surface area contributed by atoms with Crippen LogP contribution in [0.3, 0.4) is 0 Å². The first kappa shape index (κ1) is 27.7. The number of fused-ring (bicyclic) bond motifs is 1. The van der Waals surface area contributed by atoms with Crippen molar-refractivity contribution < 1.29 is 28.5 Å². The number of morpholine rings is 1. The van der Waals surface area contributed by atoms with Gasteiger partial charge in [-0.2, -0.15) is 0 Å². The van der Waals surface area contributed by atoms with E-state index in [9.17, 15) is 9.59 Å². The molecule has 1 N–H and O–H groups in total. The van der Waals surface area contributed by atoms with Crippen molar-refractivity contribution >= 4 is 28.8 Å². The Hall–Kier alpha value is -3.28. The molecule has 0 radical (unpaired) electrons. The summed E-state index contributed by atoms with van der Waals surface area (Å²) >= 11 is 1.42. The van der Waals surface area contributed by atoms with E-state index in [4.69, 9.17) is 23.9 Å². The van der Waals surface area contributed by atoms with Crippen molar-refractivity contribution in [2.24, 2.45) is 4.99 Å². The van der Waals surface area contributed by atoms with Crippen LogP contribution in [0.5, 0.6) is 11.5 Å². The quantitative estimate of drug-likeness (QED) is 0.334. The van der Waals surface area contributed by atoms with Crippen LogP contribution in [0.2, 0.25) is 0 Å². The van der Waals surface area contributed by atoms with Crippen molar-refractivity contribution in [1.29, 1.82) is 0 Å². The van der Waals surface area contributed by atoms with Crippen LogP contribution >= 0.6 is 11.8 Å². The SMILES string of the molecule is C=CCOC(=O)C1=C(C)N=C2SC=C(CC(=O)NCCN3CCOCC3)N2C1c1cc(OC)ccc1OC. The molecule has 1 unspecified atom stereocenters. The molecule has 1 fully saturated rings. The van der Waals surface area contributed by atoms with E-state index < -0.39 is 12.0 Å². The molecule has 10 nitrogen and oxygen atoms in total. The topological polar surface area (TPSA) is 102 Å². The molecule has 3 aliphatic heterocycles. The first-order chi connectivity index (χ1) is 18.5. The van der Waals surface area contributed by atoms with Gasteiger partial charge in [-0.1, -0.05) is 24.4 Å². The van der Waals surface area contributed by atoms with Crippen LogP contribution in [-0.4, -0.2) is 87.1 Å². The predicted molar refractivity (Wildman–Crippen MR) is 146 cm³/mol. The van der Waals surface area contributed by atoms with E-state index in [1.165, 1.54) is 17.8 Å². The van der Waals surface area contributed by atoms with E-state index in [1.807, 2.05) is 16.4 Å². The second-order valence-corrected chi connectivity index (χ2v) is 9.71. The molecule has 11 heteroatoms. The highest BCUT2D eigenvalue weighted by molar-refractivity contribution is 8.16. The molecule has 0 bridgehead atoms. The number of benzene rings is 1. The molecular weight excluding hydrogens is 508 g/mol. The molecule has 3 heterocycles. The van der Waals surface area contributed by atoms with Gasteiger partial charge in [0.2, 0.25) is 5.91 Å². The van der Waals surface area contributed by atoms with Crippen LogP contribution in [-0.2, 0) is 19.1 Å². The highest BCUT2D eigenvalue weighted by atomic mass is 32.2. The fourth-order valence-electron chi connectivity index (χ4n) is 4.60. The second-order valence-electron chi connectivity index (χ2n) is 8.87. The maximum absolute atomic E-state index is 13.3. The van der Waals surface area contributed by atoms with Gasteiger partial charge in [0.1, 0.15) is 18.1 Å². The van der Waals surface area contributed by atoms with E-state index in [0.717, 1.165) is 38.5 Å². The lowest BCUT2D eigenvalue weighted by Crippen LogP contribution is -2.42. The second kappa shape index (κ2) is 13.0. The Morgan fingerprint density at radius 2 is 2.05 bits per heavy atom. The zero-order valence-electron chi connectivity index (χ0n) is 22.0. The molecule has 38 heavy (non-hydrogen) atoms. The number of amidine groups is 1. The van der Waals surface area contributed by atoms with Crippen molar-refractivity contribution in [3.63, 3.8) is 0 Å². The minimum Gasteiger partial charge on any atom is -0.497 e. The monoisotopic (exact) mass is 542 g/mol. The van der Waals surface area contributed by atoms with Crippen LogP contribution in [0.1, 0.15) is 24.9 Å². The highest BCUT2D eigenvalue weighted by Gasteiger charge is 2.42. The number of nitrogens with one attached hydrogen (secondary N) is 1. The van der Waals surface area contributed by atoms with Crippen LogP contribution in [0.4, 0.5) is 0 Å². The van der Waals surface area contributed by atoms with Gasteiger partial charge in [-0.05, 0) is 30.5 Å². The molecule has 0 saturated carbocycles. The van der Waals surface area contributed by atoms with Gasteiger partial charge in [0.25, 0.3) is 0 Å². The lowest BCUT2D eigenvalue weighted by molar-refractivity contribution is -0.138. The number of aliphatic imine (C=N–C) groups is 1. The Kier molecular flexibility index (Phi) is 9.48. The Balaban J connectivity index is 1.60. The minimum atomic E-state index is -0.632. The van der Waals surface area contributed by atoms with E-state index in [0.29, 0.717) is 40.0 Å². The number of rotatable bonds is 11. The number of thioether (sulfide) groups is 1. The van der Waals surface area contributed by atoms with Crippen molar-refractivity contribution in [2.75, 3.05) is 60.2 Å². The van der Waals surface area contributed by atoms with Crippen molar-refractivity contribution in [3.05, 3.63) is 58.8 Å². The fraction of sp³-hybridized carbons (Fsp3) is 0.444. The number of nitrogens with zero attached hydrogens (tertiary/aromatic N) is 3. The maximum atomic E-state index is 13.3. The summed E-state index contributed by atoms with van der Waals surface area (Å²) in [5, 5.41) is 5.60.